The topological polar surface area (TPSA) is 56.1 Å². The molecule has 0 radical (unpaired) electrons. The first-order valence-electron chi connectivity index (χ1n) is 9.79. The number of rotatable bonds is 3. The fourth-order valence-corrected chi connectivity index (χ4v) is 5.06. The van der Waals surface area contributed by atoms with E-state index < -0.39 is 0 Å². The lowest BCUT2D eigenvalue weighted by atomic mass is 10.0. The molecule has 1 fully saturated rings. The number of benzene rings is 1. The molecule has 2 aliphatic rings. The molecule has 0 N–H and O–H groups in total. The van der Waals surface area contributed by atoms with Crippen molar-refractivity contribution in [3.8, 4) is 11.5 Å². The van der Waals surface area contributed by atoms with E-state index in [1.807, 2.05) is 18.4 Å². The molecule has 0 saturated carbocycles. The number of fused-ring (bicyclic) bond motifs is 2. The van der Waals surface area contributed by atoms with Gasteiger partial charge in [0.05, 0.1) is 18.9 Å². The Labute approximate surface area is 167 Å². The molecule has 0 unspecified atom stereocenters. The van der Waals surface area contributed by atoms with Gasteiger partial charge in [-0.2, -0.15) is 0 Å². The SMILES string of the molecule is Cc1csc2nc(CN3CCC[C@H]3c3ccc4c(c3)OCCCO4)cc(=O)n12. The maximum atomic E-state index is 12.5. The lowest BCUT2D eigenvalue weighted by molar-refractivity contribution is 0.244. The van der Waals surface area contributed by atoms with Gasteiger partial charge in [-0.3, -0.25) is 14.1 Å². The summed E-state index contributed by atoms with van der Waals surface area (Å²) in [6.45, 7) is 5.02. The second kappa shape index (κ2) is 7.22. The van der Waals surface area contributed by atoms with E-state index in [2.05, 4.69) is 17.0 Å². The van der Waals surface area contributed by atoms with Gasteiger partial charge in [-0.25, -0.2) is 4.98 Å². The Kier molecular flexibility index (Phi) is 4.56. The Morgan fingerprint density at radius 3 is 2.93 bits per heavy atom. The van der Waals surface area contributed by atoms with Crippen molar-refractivity contribution in [1.82, 2.24) is 14.3 Å². The summed E-state index contributed by atoms with van der Waals surface area (Å²) < 4.78 is 13.3. The summed E-state index contributed by atoms with van der Waals surface area (Å²) in [7, 11) is 0. The fourth-order valence-electron chi connectivity index (χ4n) is 4.17. The summed E-state index contributed by atoms with van der Waals surface area (Å²) in [5, 5.41) is 1.98. The van der Waals surface area contributed by atoms with E-state index in [-0.39, 0.29) is 5.56 Å². The zero-order chi connectivity index (χ0) is 19.1. The minimum atomic E-state index is 0.00470. The van der Waals surface area contributed by atoms with Crippen LogP contribution in [0.25, 0.3) is 4.96 Å². The Morgan fingerprint density at radius 2 is 2.04 bits per heavy atom. The molecule has 0 aliphatic carbocycles. The largest absolute Gasteiger partial charge is 0.490 e. The third kappa shape index (κ3) is 3.18. The maximum Gasteiger partial charge on any atom is 0.259 e. The van der Waals surface area contributed by atoms with Crippen LogP contribution in [0.5, 0.6) is 11.5 Å². The van der Waals surface area contributed by atoms with E-state index in [0.29, 0.717) is 25.8 Å². The van der Waals surface area contributed by atoms with Gasteiger partial charge in [0.2, 0.25) is 0 Å². The van der Waals surface area contributed by atoms with Crippen molar-refractivity contribution in [2.75, 3.05) is 19.8 Å². The third-order valence-corrected chi connectivity index (χ3v) is 6.46. The van der Waals surface area contributed by atoms with Crippen LogP contribution in [0.4, 0.5) is 0 Å². The van der Waals surface area contributed by atoms with Gasteiger partial charge in [0, 0.05) is 36.1 Å². The molecule has 0 spiro atoms. The normalized spacial score (nSPS) is 19.8. The zero-order valence-electron chi connectivity index (χ0n) is 15.9. The molecule has 146 valence electrons. The van der Waals surface area contributed by atoms with Crippen molar-refractivity contribution in [1.29, 1.82) is 0 Å². The van der Waals surface area contributed by atoms with Crippen molar-refractivity contribution in [3.63, 3.8) is 0 Å². The minimum Gasteiger partial charge on any atom is -0.490 e. The first-order chi connectivity index (χ1) is 13.7. The van der Waals surface area contributed by atoms with Crippen molar-refractivity contribution in [2.45, 2.75) is 38.8 Å². The van der Waals surface area contributed by atoms with Crippen LogP contribution in [-0.2, 0) is 6.54 Å². The van der Waals surface area contributed by atoms with Gasteiger partial charge in [0.15, 0.2) is 16.5 Å². The van der Waals surface area contributed by atoms with Crippen LogP contribution < -0.4 is 15.0 Å². The first-order valence-corrected chi connectivity index (χ1v) is 10.7. The van der Waals surface area contributed by atoms with Crippen LogP contribution in [-0.4, -0.2) is 34.0 Å². The van der Waals surface area contributed by atoms with Crippen LogP contribution >= 0.6 is 11.3 Å². The highest BCUT2D eigenvalue weighted by atomic mass is 32.1. The van der Waals surface area contributed by atoms with Crippen LogP contribution in [0.2, 0.25) is 0 Å². The van der Waals surface area contributed by atoms with Gasteiger partial charge < -0.3 is 9.47 Å². The molecule has 1 aromatic carbocycles. The predicted octanol–water partition coefficient (Wildman–Crippen LogP) is 3.56. The quantitative estimate of drug-likeness (QED) is 0.676. The van der Waals surface area contributed by atoms with E-state index >= 15 is 0 Å². The summed E-state index contributed by atoms with van der Waals surface area (Å²) in [4.78, 5) is 20.4. The average Bonchev–Trinajstić information content (AvgIpc) is 3.21. The number of hydrogen-bond acceptors (Lipinski definition) is 6. The second-order valence-corrected chi connectivity index (χ2v) is 8.30. The molecule has 5 rings (SSSR count). The Balaban J connectivity index is 1.42. The highest BCUT2D eigenvalue weighted by molar-refractivity contribution is 7.15. The molecule has 4 heterocycles. The van der Waals surface area contributed by atoms with Crippen LogP contribution in [0.1, 0.15) is 42.3 Å². The number of likely N-dealkylation sites (tertiary alicyclic amines) is 1. The van der Waals surface area contributed by atoms with Crippen molar-refractivity contribution in [2.24, 2.45) is 0 Å². The number of hydrogen-bond donors (Lipinski definition) is 0. The lowest BCUT2D eigenvalue weighted by Gasteiger charge is -2.25. The van der Waals surface area contributed by atoms with Gasteiger partial charge in [-0.1, -0.05) is 6.07 Å². The Morgan fingerprint density at radius 1 is 1.18 bits per heavy atom. The molecule has 6 nitrogen and oxygen atoms in total. The zero-order valence-corrected chi connectivity index (χ0v) is 16.7. The van der Waals surface area contributed by atoms with Gasteiger partial charge in [-0.05, 0) is 44.0 Å². The van der Waals surface area contributed by atoms with Crippen molar-refractivity contribution < 1.29 is 9.47 Å². The van der Waals surface area contributed by atoms with E-state index in [1.165, 1.54) is 16.9 Å². The van der Waals surface area contributed by atoms with Gasteiger partial charge in [0.1, 0.15) is 0 Å². The van der Waals surface area contributed by atoms with Crippen molar-refractivity contribution in [3.05, 3.63) is 57.0 Å². The van der Waals surface area contributed by atoms with Crippen LogP contribution in [0.15, 0.2) is 34.4 Å². The minimum absolute atomic E-state index is 0.00470. The van der Waals surface area contributed by atoms with Gasteiger partial charge >= 0.3 is 0 Å². The summed E-state index contributed by atoms with van der Waals surface area (Å²) in [5.74, 6) is 1.67. The number of aromatic nitrogens is 2. The molecule has 28 heavy (non-hydrogen) atoms. The second-order valence-electron chi connectivity index (χ2n) is 7.47. The monoisotopic (exact) mass is 397 g/mol. The van der Waals surface area contributed by atoms with Gasteiger partial charge in [0.25, 0.3) is 5.56 Å². The Bertz CT molecular complexity index is 1070. The van der Waals surface area contributed by atoms with Crippen molar-refractivity contribution >= 4 is 16.3 Å². The standard InChI is InChI=1S/C21H23N3O3S/c1-14-13-28-21-22-16(11-20(25)24(14)21)12-23-7-2-4-17(23)15-5-6-18-19(10-15)27-9-3-8-26-18/h5-6,10-11,13,17H,2-4,7-9,12H2,1H3/t17-/m0/s1. The summed E-state index contributed by atoms with van der Waals surface area (Å²) in [6.07, 6.45) is 3.14. The van der Waals surface area contributed by atoms with E-state index in [0.717, 1.165) is 53.7 Å². The predicted molar refractivity (Wildman–Crippen MR) is 109 cm³/mol. The first kappa shape index (κ1) is 17.7. The number of thiazole rings is 1. The molecular formula is C21H23N3O3S. The summed E-state index contributed by atoms with van der Waals surface area (Å²) in [5.41, 5.74) is 3.03. The van der Waals surface area contributed by atoms with Gasteiger partial charge in [-0.15, -0.1) is 11.3 Å². The third-order valence-electron chi connectivity index (χ3n) is 5.51. The Hall–Kier alpha value is -2.38. The van der Waals surface area contributed by atoms with Crippen LogP contribution in [0, 0.1) is 6.92 Å². The molecule has 1 saturated heterocycles. The molecule has 2 aliphatic heterocycles. The molecule has 0 amide bonds. The summed E-state index contributed by atoms with van der Waals surface area (Å²) >= 11 is 1.52. The smallest absolute Gasteiger partial charge is 0.259 e. The maximum absolute atomic E-state index is 12.5. The number of ether oxygens (including phenoxy) is 2. The molecule has 1 atom stereocenters. The van der Waals surface area contributed by atoms with Crippen LogP contribution in [0.3, 0.4) is 0 Å². The number of aryl methyl sites for hydroxylation is 1. The fraction of sp³-hybridized carbons (Fsp3) is 0.429. The lowest BCUT2D eigenvalue weighted by Crippen LogP contribution is -2.25. The molecular weight excluding hydrogens is 374 g/mol. The average molecular weight is 398 g/mol. The van der Waals surface area contributed by atoms with E-state index in [1.54, 1.807) is 10.5 Å². The highest BCUT2D eigenvalue weighted by Crippen LogP contribution is 2.38. The molecule has 0 bridgehead atoms. The van der Waals surface area contributed by atoms with E-state index in [9.17, 15) is 4.79 Å². The molecule has 3 aromatic rings. The highest BCUT2D eigenvalue weighted by Gasteiger charge is 2.28. The number of nitrogens with zero attached hydrogens (tertiary/aromatic N) is 3. The molecule has 2 aromatic heterocycles. The summed E-state index contributed by atoms with van der Waals surface area (Å²) in [6, 6.07) is 8.28. The van der Waals surface area contributed by atoms with E-state index in [4.69, 9.17) is 14.5 Å². The molecule has 7 heteroatoms.